The summed E-state index contributed by atoms with van der Waals surface area (Å²) in [4.78, 5) is 12.0. The third-order valence-electron chi connectivity index (χ3n) is 3.70. The molecule has 19 heavy (non-hydrogen) atoms. The molecule has 1 aliphatic rings. The Morgan fingerprint density at radius 3 is 2.63 bits per heavy atom. The SMILES string of the molecule is Cc1ccc(OC(C)C(=O)NC2CCCC2)c(C)c1. The molecule has 1 amide bonds. The van der Waals surface area contributed by atoms with Crippen LogP contribution in [-0.2, 0) is 4.79 Å². The molecule has 3 heteroatoms. The number of benzene rings is 1. The van der Waals surface area contributed by atoms with Crippen LogP contribution in [0.25, 0.3) is 0 Å². The van der Waals surface area contributed by atoms with Gasteiger partial charge in [0, 0.05) is 6.04 Å². The summed E-state index contributed by atoms with van der Waals surface area (Å²) in [7, 11) is 0. The van der Waals surface area contributed by atoms with Crippen molar-refractivity contribution in [3.8, 4) is 5.75 Å². The number of nitrogens with one attached hydrogen (secondary N) is 1. The average molecular weight is 261 g/mol. The average Bonchev–Trinajstić information content (AvgIpc) is 2.85. The lowest BCUT2D eigenvalue weighted by molar-refractivity contribution is -0.127. The van der Waals surface area contributed by atoms with Crippen molar-refractivity contribution in [2.24, 2.45) is 0 Å². The molecule has 0 heterocycles. The van der Waals surface area contributed by atoms with Gasteiger partial charge in [-0.05, 0) is 45.2 Å². The van der Waals surface area contributed by atoms with E-state index in [-0.39, 0.29) is 5.91 Å². The van der Waals surface area contributed by atoms with Gasteiger partial charge < -0.3 is 10.1 Å². The second-order valence-corrected chi connectivity index (χ2v) is 5.52. The molecule has 1 aromatic carbocycles. The van der Waals surface area contributed by atoms with Crippen LogP contribution in [-0.4, -0.2) is 18.1 Å². The molecule has 1 saturated carbocycles. The molecular weight excluding hydrogens is 238 g/mol. The summed E-state index contributed by atoms with van der Waals surface area (Å²) in [5.74, 6) is 0.784. The fourth-order valence-corrected chi connectivity index (χ4v) is 2.56. The molecule has 1 unspecified atom stereocenters. The van der Waals surface area contributed by atoms with Crippen LogP contribution in [0.3, 0.4) is 0 Å². The maximum Gasteiger partial charge on any atom is 0.260 e. The lowest BCUT2D eigenvalue weighted by Crippen LogP contribution is -2.41. The number of aryl methyl sites for hydroxylation is 2. The molecule has 0 bridgehead atoms. The van der Waals surface area contributed by atoms with Crippen molar-refractivity contribution in [2.45, 2.75) is 58.6 Å². The molecular formula is C16H23NO2. The predicted molar refractivity (Wildman–Crippen MR) is 76.4 cm³/mol. The van der Waals surface area contributed by atoms with Crippen LogP contribution in [0.5, 0.6) is 5.75 Å². The zero-order valence-electron chi connectivity index (χ0n) is 12.0. The highest BCUT2D eigenvalue weighted by Crippen LogP contribution is 2.21. The molecule has 1 fully saturated rings. The monoisotopic (exact) mass is 261 g/mol. The van der Waals surface area contributed by atoms with Gasteiger partial charge in [0.1, 0.15) is 5.75 Å². The van der Waals surface area contributed by atoms with Crippen molar-refractivity contribution in [2.75, 3.05) is 0 Å². The van der Waals surface area contributed by atoms with Gasteiger partial charge in [-0.2, -0.15) is 0 Å². The second kappa shape index (κ2) is 6.09. The standard InChI is InChI=1S/C16H23NO2/c1-11-8-9-15(12(2)10-11)19-13(3)16(18)17-14-6-4-5-7-14/h8-10,13-14H,4-7H2,1-3H3,(H,17,18). The van der Waals surface area contributed by atoms with Crippen molar-refractivity contribution in [1.82, 2.24) is 5.32 Å². The molecule has 0 aliphatic heterocycles. The van der Waals surface area contributed by atoms with Crippen molar-refractivity contribution in [3.63, 3.8) is 0 Å². The van der Waals surface area contributed by atoms with E-state index in [1.54, 1.807) is 0 Å². The van der Waals surface area contributed by atoms with Gasteiger partial charge in [0.2, 0.25) is 0 Å². The number of carbonyl (C=O) groups excluding carboxylic acids is 1. The lowest BCUT2D eigenvalue weighted by atomic mass is 10.1. The molecule has 3 nitrogen and oxygen atoms in total. The Balaban J connectivity index is 1.92. The Kier molecular flexibility index (Phi) is 4.46. The van der Waals surface area contributed by atoms with E-state index in [1.807, 2.05) is 32.9 Å². The molecule has 0 spiro atoms. The van der Waals surface area contributed by atoms with Crippen LogP contribution in [0.1, 0.15) is 43.7 Å². The molecule has 1 aliphatic carbocycles. The summed E-state index contributed by atoms with van der Waals surface area (Å²) in [6.45, 7) is 5.86. The number of amides is 1. The van der Waals surface area contributed by atoms with Gasteiger partial charge in [-0.25, -0.2) is 0 Å². The fraction of sp³-hybridized carbons (Fsp3) is 0.562. The first-order valence-corrected chi connectivity index (χ1v) is 7.10. The first-order valence-electron chi connectivity index (χ1n) is 7.10. The topological polar surface area (TPSA) is 38.3 Å². The van der Waals surface area contributed by atoms with Gasteiger partial charge in [-0.3, -0.25) is 4.79 Å². The van der Waals surface area contributed by atoms with E-state index in [0.717, 1.165) is 24.2 Å². The van der Waals surface area contributed by atoms with Crippen molar-refractivity contribution < 1.29 is 9.53 Å². The van der Waals surface area contributed by atoms with E-state index in [9.17, 15) is 4.79 Å². The van der Waals surface area contributed by atoms with Gasteiger partial charge in [-0.15, -0.1) is 0 Å². The van der Waals surface area contributed by atoms with E-state index in [1.165, 1.54) is 18.4 Å². The Hall–Kier alpha value is -1.51. The number of carbonyl (C=O) groups is 1. The van der Waals surface area contributed by atoms with Gasteiger partial charge in [0.05, 0.1) is 0 Å². The Morgan fingerprint density at radius 2 is 2.00 bits per heavy atom. The predicted octanol–water partition coefficient (Wildman–Crippen LogP) is 3.13. The first kappa shape index (κ1) is 13.9. The van der Waals surface area contributed by atoms with Crippen LogP contribution in [0.2, 0.25) is 0 Å². The maximum absolute atomic E-state index is 12.0. The van der Waals surface area contributed by atoms with Gasteiger partial charge in [0.25, 0.3) is 5.91 Å². The summed E-state index contributed by atoms with van der Waals surface area (Å²) in [5, 5.41) is 3.07. The second-order valence-electron chi connectivity index (χ2n) is 5.52. The lowest BCUT2D eigenvalue weighted by Gasteiger charge is -2.19. The number of hydrogen-bond donors (Lipinski definition) is 1. The van der Waals surface area contributed by atoms with Crippen molar-refractivity contribution in [1.29, 1.82) is 0 Å². The highest BCUT2D eigenvalue weighted by atomic mass is 16.5. The van der Waals surface area contributed by atoms with E-state index in [2.05, 4.69) is 11.4 Å². The van der Waals surface area contributed by atoms with E-state index in [0.29, 0.717) is 6.04 Å². The summed E-state index contributed by atoms with van der Waals surface area (Å²) in [5.41, 5.74) is 2.27. The quantitative estimate of drug-likeness (QED) is 0.904. The minimum atomic E-state index is -0.443. The minimum absolute atomic E-state index is 0.00752. The highest BCUT2D eigenvalue weighted by molar-refractivity contribution is 5.81. The van der Waals surface area contributed by atoms with Crippen LogP contribution >= 0.6 is 0 Å². The molecule has 1 aromatic rings. The largest absolute Gasteiger partial charge is 0.481 e. The smallest absolute Gasteiger partial charge is 0.260 e. The van der Waals surface area contributed by atoms with Gasteiger partial charge in [-0.1, -0.05) is 30.5 Å². The molecule has 0 saturated heterocycles. The van der Waals surface area contributed by atoms with E-state index < -0.39 is 6.10 Å². The Labute approximate surface area is 115 Å². The molecule has 1 atom stereocenters. The summed E-state index contributed by atoms with van der Waals surface area (Å²) >= 11 is 0. The molecule has 0 aromatic heterocycles. The first-order chi connectivity index (χ1) is 9.06. The number of hydrogen-bond acceptors (Lipinski definition) is 2. The molecule has 1 N–H and O–H groups in total. The maximum atomic E-state index is 12.0. The van der Waals surface area contributed by atoms with Crippen LogP contribution < -0.4 is 10.1 Å². The normalized spacial score (nSPS) is 17.2. The van der Waals surface area contributed by atoms with Crippen molar-refractivity contribution in [3.05, 3.63) is 29.3 Å². The summed E-state index contributed by atoms with van der Waals surface area (Å²) in [6.07, 6.45) is 4.19. The Morgan fingerprint density at radius 1 is 1.32 bits per heavy atom. The minimum Gasteiger partial charge on any atom is -0.481 e. The molecule has 104 valence electrons. The zero-order valence-corrected chi connectivity index (χ0v) is 12.0. The van der Waals surface area contributed by atoms with Crippen molar-refractivity contribution >= 4 is 5.91 Å². The zero-order chi connectivity index (χ0) is 13.8. The van der Waals surface area contributed by atoms with E-state index >= 15 is 0 Å². The van der Waals surface area contributed by atoms with Gasteiger partial charge >= 0.3 is 0 Å². The highest BCUT2D eigenvalue weighted by Gasteiger charge is 2.21. The number of rotatable bonds is 4. The molecule has 0 radical (unpaired) electrons. The summed E-state index contributed by atoms with van der Waals surface area (Å²) < 4.78 is 5.76. The number of ether oxygens (including phenoxy) is 1. The fourth-order valence-electron chi connectivity index (χ4n) is 2.56. The summed E-state index contributed by atoms with van der Waals surface area (Å²) in [6, 6.07) is 6.35. The van der Waals surface area contributed by atoms with E-state index in [4.69, 9.17) is 4.74 Å². The third kappa shape index (κ3) is 3.72. The van der Waals surface area contributed by atoms with Crippen LogP contribution in [0.4, 0.5) is 0 Å². The Bertz CT molecular complexity index is 450. The van der Waals surface area contributed by atoms with Crippen LogP contribution in [0.15, 0.2) is 18.2 Å². The molecule has 2 rings (SSSR count). The van der Waals surface area contributed by atoms with Gasteiger partial charge in [0.15, 0.2) is 6.10 Å². The third-order valence-corrected chi connectivity index (χ3v) is 3.70. The van der Waals surface area contributed by atoms with Crippen LogP contribution in [0, 0.1) is 13.8 Å².